The molecule has 0 spiro atoms. The maximum atomic E-state index is 10.9. The van der Waals surface area contributed by atoms with Crippen LogP contribution in [0.2, 0.25) is 0 Å². The molecule has 0 radical (unpaired) electrons. The number of ether oxygens (including phenoxy) is 2. The number of carbonyl (C=O) groups is 1. The van der Waals surface area contributed by atoms with Crippen LogP contribution in [0.4, 0.5) is 0 Å². The van der Waals surface area contributed by atoms with Gasteiger partial charge in [-0.25, -0.2) is 4.79 Å². The van der Waals surface area contributed by atoms with Crippen LogP contribution in [0, 0.1) is 6.92 Å². The third-order valence-corrected chi connectivity index (χ3v) is 2.31. The van der Waals surface area contributed by atoms with Crippen LogP contribution in [0.25, 0.3) is 0 Å². The van der Waals surface area contributed by atoms with Crippen LogP contribution in [-0.4, -0.2) is 30.4 Å². The molecule has 0 heterocycles. The zero-order chi connectivity index (χ0) is 12.8. The Morgan fingerprint density at radius 3 is 2.65 bits per heavy atom. The molecule has 94 valence electrons. The molecule has 0 saturated heterocycles. The second-order valence-electron chi connectivity index (χ2n) is 4.00. The lowest BCUT2D eigenvalue weighted by Crippen LogP contribution is -2.12. The van der Waals surface area contributed by atoms with E-state index < -0.39 is 5.97 Å². The Balaban J connectivity index is 2.59. The molecule has 0 aliphatic rings. The van der Waals surface area contributed by atoms with Gasteiger partial charge in [-0.2, -0.15) is 0 Å². The van der Waals surface area contributed by atoms with Crippen molar-refractivity contribution in [2.45, 2.75) is 26.9 Å². The summed E-state index contributed by atoms with van der Waals surface area (Å²) in [6.45, 7) is 6.56. The van der Waals surface area contributed by atoms with Gasteiger partial charge in [-0.3, -0.25) is 0 Å². The number of benzene rings is 1. The second kappa shape index (κ2) is 6.25. The number of rotatable bonds is 6. The van der Waals surface area contributed by atoms with Crippen molar-refractivity contribution in [3.05, 3.63) is 29.3 Å². The summed E-state index contributed by atoms with van der Waals surface area (Å²) in [5, 5.41) is 8.95. The highest BCUT2D eigenvalue weighted by Gasteiger charge is 2.10. The molecule has 0 bridgehead atoms. The first-order valence-corrected chi connectivity index (χ1v) is 5.59. The minimum Gasteiger partial charge on any atom is -0.491 e. The summed E-state index contributed by atoms with van der Waals surface area (Å²) in [5.74, 6) is -0.344. The van der Waals surface area contributed by atoms with E-state index in [0.717, 1.165) is 0 Å². The molecule has 0 aliphatic carbocycles. The molecule has 4 nitrogen and oxygen atoms in total. The van der Waals surface area contributed by atoms with Gasteiger partial charge in [0.2, 0.25) is 0 Å². The van der Waals surface area contributed by atoms with Crippen LogP contribution in [0.3, 0.4) is 0 Å². The number of carboxylic acid groups (broad SMARTS) is 1. The van der Waals surface area contributed by atoms with E-state index in [4.69, 9.17) is 14.6 Å². The molecule has 0 aromatic heterocycles. The molecule has 0 amide bonds. The summed E-state index contributed by atoms with van der Waals surface area (Å²) in [7, 11) is 0. The van der Waals surface area contributed by atoms with Crippen molar-refractivity contribution < 1.29 is 19.4 Å². The van der Waals surface area contributed by atoms with Gasteiger partial charge in [0.1, 0.15) is 12.4 Å². The van der Waals surface area contributed by atoms with Crippen LogP contribution < -0.4 is 4.74 Å². The molecular formula is C13H18O4. The first kappa shape index (κ1) is 13.5. The number of carboxylic acids is 1. The van der Waals surface area contributed by atoms with E-state index in [1.165, 1.54) is 0 Å². The van der Waals surface area contributed by atoms with Gasteiger partial charge in [0.15, 0.2) is 0 Å². The van der Waals surface area contributed by atoms with Gasteiger partial charge in [0.05, 0.1) is 18.3 Å². The number of hydrogen-bond acceptors (Lipinski definition) is 3. The maximum Gasteiger partial charge on any atom is 0.336 e. The molecule has 1 aromatic carbocycles. The third-order valence-electron chi connectivity index (χ3n) is 2.31. The summed E-state index contributed by atoms with van der Waals surface area (Å²) in [5.41, 5.74) is 0.914. The van der Waals surface area contributed by atoms with Crippen molar-refractivity contribution >= 4 is 5.97 Å². The summed E-state index contributed by atoms with van der Waals surface area (Å²) in [4.78, 5) is 10.9. The largest absolute Gasteiger partial charge is 0.491 e. The predicted octanol–water partition coefficient (Wildman–Crippen LogP) is 2.50. The SMILES string of the molecule is Cc1c(OCCOC(C)C)cccc1C(=O)O. The maximum absolute atomic E-state index is 10.9. The van der Waals surface area contributed by atoms with Gasteiger partial charge >= 0.3 is 5.97 Å². The molecule has 0 unspecified atom stereocenters. The van der Waals surface area contributed by atoms with Crippen LogP contribution in [0.1, 0.15) is 29.8 Å². The van der Waals surface area contributed by atoms with Crippen LogP contribution >= 0.6 is 0 Å². The standard InChI is InChI=1S/C13H18O4/c1-9(2)16-7-8-17-12-6-4-5-11(10(12)3)13(14)15/h4-6,9H,7-8H2,1-3H3,(H,14,15). The quantitative estimate of drug-likeness (QED) is 0.774. The highest BCUT2D eigenvalue weighted by molar-refractivity contribution is 5.90. The van der Waals surface area contributed by atoms with Crippen molar-refractivity contribution in [1.82, 2.24) is 0 Å². The Bertz CT molecular complexity index is 385. The van der Waals surface area contributed by atoms with Gasteiger partial charge in [0.25, 0.3) is 0 Å². The van der Waals surface area contributed by atoms with Crippen molar-refractivity contribution in [1.29, 1.82) is 0 Å². The lowest BCUT2D eigenvalue weighted by molar-refractivity contribution is 0.0550. The second-order valence-corrected chi connectivity index (χ2v) is 4.00. The minimum atomic E-state index is -0.939. The van der Waals surface area contributed by atoms with Crippen LogP contribution in [0.15, 0.2) is 18.2 Å². The minimum absolute atomic E-state index is 0.171. The Morgan fingerprint density at radius 2 is 2.06 bits per heavy atom. The fraction of sp³-hybridized carbons (Fsp3) is 0.462. The topological polar surface area (TPSA) is 55.8 Å². The van der Waals surface area contributed by atoms with E-state index >= 15 is 0 Å². The molecule has 17 heavy (non-hydrogen) atoms. The molecule has 1 aromatic rings. The molecule has 1 rings (SSSR count). The van der Waals surface area contributed by atoms with Crippen LogP contribution in [-0.2, 0) is 4.74 Å². The lowest BCUT2D eigenvalue weighted by Gasteiger charge is -2.12. The van der Waals surface area contributed by atoms with Gasteiger partial charge < -0.3 is 14.6 Å². The van der Waals surface area contributed by atoms with Gasteiger partial charge in [-0.15, -0.1) is 0 Å². The fourth-order valence-electron chi connectivity index (χ4n) is 1.44. The first-order valence-electron chi connectivity index (χ1n) is 5.59. The Labute approximate surface area is 101 Å². The lowest BCUT2D eigenvalue weighted by atomic mass is 10.1. The normalized spacial score (nSPS) is 10.6. The third kappa shape index (κ3) is 4.07. The molecule has 0 saturated carbocycles. The number of hydrogen-bond donors (Lipinski definition) is 1. The van der Waals surface area contributed by atoms with Crippen molar-refractivity contribution in [3.8, 4) is 5.75 Å². The van der Waals surface area contributed by atoms with Crippen molar-refractivity contribution in [2.24, 2.45) is 0 Å². The molecule has 1 N–H and O–H groups in total. The molecule has 0 aliphatic heterocycles. The summed E-state index contributed by atoms with van der Waals surface area (Å²) >= 11 is 0. The summed E-state index contributed by atoms with van der Waals surface area (Å²) in [6, 6.07) is 5.00. The summed E-state index contributed by atoms with van der Waals surface area (Å²) < 4.78 is 10.8. The zero-order valence-corrected chi connectivity index (χ0v) is 10.4. The van der Waals surface area contributed by atoms with E-state index in [0.29, 0.717) is 24.5 Å². The Morgan fingerprint density at radius 1 is 1.35 bits per heavy atom. The molecular weight excluding hydrogens is 220 g/mol. The monoisotopic (exact) mass is 238 g/mol. The smallest absolute Gasteiger partial charge is 0.336 e. The van der Waals surface area contributed by atoms with Crippen molar-refractivity contribution in [2.75, 3.05) is 13.2 Å². The van der Waals surface area contributed by atoms with Gasteiger partial charge in [-0.1, -0.05) is 6.07 Å². The van der Waals surface area contributed by atoms with Crippen LogP contribution in [0.5, 0.6) is 5.75 Å². The van der Waals surface area contributed by atoms with Crippen molar-refractivity contribution in [3.63, 3.8) is 0 Å². The predicted molar refractivity (Wildman–Crippen MR) is 64.7 cm³/mol. The Kier molecular flexibility index (Phi) is 4.97. The average Bonchev–Trinajstić information content (AvgIpc) is 2.25. The van der Waals surface area contributed by atoms with E-state index in [1.54, 1.807) is 25.1 Å². The Hall–Kier alpha value is -1.55. The fourth-order valence-corrected chi connectivity index (χ4v) is 1.44. The highest BCUT2D eigenvalue weighted by Crippen LogP contribution is 2.21. The van der Waals surface area contributed by atoms with Gasteiger partial charge in [-0.05, 0) is 32.9 Å². The van der Waals surface area contributed by atoms with E-state index in [2.05, 4.69) is 0 Å². The van der Waals surface area contributed by atoms with E-state index in [9.17, 15) is 4.79 Å². The summed E-state index contributed by atoms with van der Waals surface area (Å²) in [6.07, 6.45) is 0.171. The average molecular weight is 238 g/mol. The van der Waals surface area contributed by atoms with E-state index in [1.807, 2.05) is 13.8 Å². The zero-order valence-electron chi connectivity index (χ0n) is 10.4. The van der Waals surface area contributed by atoms with E-state index in [-0.39, 0.29) is 11.7 Å². The molecule has 4 heteroatoms. The van der Waals surface area contributed by atoms with Gasteiger partial charge in [0, 0.05) is 5.56 Å². The molecule has 0 atom stereocenters. The number of aromatic carboxylic acids is 1. The molecule has 0 fully saturated rings. The highest BCUT2D eigenvalue weighted by atomic mass is 16.5. The first-order chi connectivity index (χ1) is 8.02.